The third kappa shape index (κ3) is 0.619. The van der Waals surface area contributed by atoms with E-state index in [4.69, 9.17) is 4.74 Å². The molecule has 2 atom stereocenters. The van der Waals surface area contributed by atoms with Gasteiger partial charge in [-0.25, -0.2) is 0 Å². The molecule has 0 spiro atoms. The van der Waals surface area contributed by atoms with E-state index >= 15 is 0 Å². The van der Waals surface area contributed by atoms with Crippen molar-refractivity contribution < 1.29 is 9.53 Å². The molecular weight excluding hydrogens is 128 g/mol. The van der Waals surface area contributed by atoms with Gasteiger partial charge in [0.15, 0.2) is 0 Å². The zero-order valence-corrected chi connectivity index (χ0v) is 6.97. The van der Waals surface area contributed by atoms with Gasteiger partial charge in [0.2, 0.25) is 0 Å². The Morgan fingerprint density at radius 3 is 1.90 bits per heavy atom. The van der Waals surface area contributed by atoms with E-state index in [-0.39, 0.29) is 11.0 Å². The predicted octanol–water partition coefficient (Wildman–Crippen LogP) is 1.59. The van der Waals surface area contributed by atoms with Crippen molar-refractivity contribution in [2.45, 2.75) is 33.3 Å². The lowest BCUT2D eigenvalue weighted by atomic mass is 10.1. The van der Waals surface area contributed by atoms with Crippen molar-refractivity contribution in [2.24, 2.45) is 11.3 Å². The molecule has 1 saturated carbocycles. The summed E-state index contributed by atoms with van der Waals surface area (Å²) in [5, 5.41) is 0. The van der Waals surface area contributed by atoms with Gasteiger partial charge in [-0.15, -0.1) is 0 Å². The molecule has 0 radical (unpaired) electrons. The van der Waals surface area contributed by atoms with Gasteiger partial charge in [-0.1, -0.05) is 20.8 Å². The van der Waals surface area contributed by atoms with Gasteiger partial charge in [-0.2, -0.15) is 0 Å². The number of carbonyl (C=O) groups excluding carboxylic acids is 1. The fourth-order valence-corrected chi connectivity index (χ4v) is 1.58. The summed E-state index contributed by atoms with van der Waals surface area (Å²) < 4.78 is 4.99. The van der Waals surface area contributed by atoms with Gasteiger partial charge in [0, 0.05) is 11.3 Å². The van der Waals surface area contributed by atoms with Crippen molar-refractivity contribution >= 4 is 6.47 Å². The smallest absolute Gasteiger partial charge is 0.293 e. The third-order valence-electron chi connectivity index (χ3n) is 3.40. The first kappa shape index (κ1) is 7.58. The maximum Gasteiger partial charge on any atom is 0.293 e. The number of hydrogen-bond donors (Lipinski definition) is 0. The van der Waals surface area contributed by atoms with Crippen molar-refractivity contribution in [1.82, 2.24) is 0 Å². The molecule has 1 rings (SSSR count). The van der Waals surface area contributed by atoms with Crippen LogP contribution in [0.1, 0.15) is 27.7 Å². The summed E-state index contributed by atoms with van der Waals surface area (Å²) in [7, 11) is 0. The highest BCUT2D eigenvalue weighted by atomic mass is 16.5. The summed E-state index contributed by atoms with van der Waals surface area (Å²) >= 11 is 0. The SMILES string of the molecule is CC1C(C)(C)C1(C)OC=O. The van der Waals surface area contributed by atoms with E-state index in [0.717, 1.165) is 0 Å². The first-order valence-corrected chi connectivity index (χ1v) is 3.58. The Balaban J connectivity index is 2.67. The van der Waals surface area contributed by atoms with E-state index in [1.807, 2.05) is 6.92 Å². The molecule has 2 unspecified atom stereocenters. The van der Waals surface area contributed by atoms with Crippen LogP contribution in [0.25, 0.3) is 0 Å². The van der Waals surface area contributed by atoms with E-state index < -0.39 is 0 Å². The normalized spacial score (nSPS) is 42.6. The lowest BCUT2D eigenvalue weighted by Crippen LogP contribution is -2.15. The maximum atomic E-state index is 10.1. The largest absolute Gasteiger partial charge is 0.461 e. The summed E-state index contributed by atoms with van der Waals surface area (Å²) in [4.78, 5) is 10.1. The van der Waals surface area contributed by atoms with Crippen LogP contribution < -0.4 is 0 Å². The zero-order valence-electron chi connectivity index (χ0n) is 6.97. The van der Waals surface area contributed by atoms with Crippen LogP contribution in [0, 0.1) is 11.3 Å². The van der Waals surface area contributed by atoms with E-state index in [1.54, 1.807) is 0 Å². The molecule has 0 amide bonds. The first-order valence-electron chi connectivity index (χ1n) is 3.58. The van der Waals surface area contributed by atoms with Crippen LogP contribution in [0.2, 0.25) is 0 Å². The predicted molar refractivity (Wildman–Crippen MR) is 38.5 cm³/mol. The topological polar surface area (TPSA) is 26.3 Å². The van der Waals surface area contributed by atoms with Crippen LogP contribution in [0.4, 0.5) is 0 Å². The highest BCUT2D eigenvalue weighted by Gasteiger charge is 2.68. The van der Waals surface area contributed by atoms with Crippen molar-refractivity contribution in [3.8, 4) is 0 Å². The van der Waals surface area contributed by atoms with Crippen molar-refractivity contribution in [1.29, 1.82) is 0 Å². The number of carbonyl (C=O) groups is 1. The van der Waals surface area contributed by atoms with Crippen LogP contribution in [0.15, 0.2) is 0 Å². The van der Waals surface area contributed by atoms with Gasteiger partial charge in [0.05, 0.1) is 0 Å². The molecule has 1 aliphatic carbocycles. The Hall–Kier alpha value is -0.530. The quantitative estimate of drug-likeness (QED) is 0.547. The van der Waals surface area contributed by atoms with Crippen LogP contribution in [-0.2, 0) is 9.53 Å². The van der Waals surface area contributed by atoms with Gasteiger partial charge in [0.1, 0.15) is 5.60 Å². The molecule has 10 heavy (non-hydrogen) atoms. The number of hydrogen-bond acceptors (Lipinski definition) is 2. The van der Waals surface area contributed by atoms with Gasteiger partial charge < -0.3 is 4.74 Å². The Bertz CT molecular complexity index is 163. The molecule has 0 aliphatic heterocycles. The molecule has 0 aromatic rings. The molecule has 0 N–H and O–H groups in total. The molecule has 58 valence electrons. The lowest BCUT2D eigenvalue weighted by molar-refractivity contribution is -0.136. The summed E-state index contributed by atoms with van der Waals surface area (Å²) in [6.07, 6.45) is 0. The van der Waals surface area contributed by atoms with E-state index in [2.05, 4.69) is 20.8 Å². The van der Waals surface area contributed by atoms with E-state index in [9.17, 15) is 4.79 Å². The molecule has 2 heteroatoms. The minimum atomic E-state index is -0.214. The number of rotatable bonds is 2. The highest BCUT2D eigenvalue weighted by molar-refractivity contribution is 5.41. The fraction of sp³-hybridized carbons (Fsp3) is 0.875. The Labute approximate surface area is 61.6 Å². The van der Waals surface area contributed by atoms with Crippen molar-refractivity contribution in [3.05, 3.63) is 0 Å². The third-order valence-corrected chi connectivity index (χ3v) is 3.40. The minimum absolute atomic E-state index is 0.161. The van der Waals surface area contributed by atoms with Gasteiger partial charge >= 0.3 is 0 Å². The highest BCUT2D eigenvalue weighted by Crippen LogP contribution is 2.63. The van der Waals surface area contributed by atoms with Crippen molar-refractivity contribution in [2.75, 3.05) is 0 Å². The Morgan fingerprint density at radius 2 is 1.80 bits per heavy atom. The zero-order chi connectivity index (χ0) is 7.99. The molecule has 2 nitrogen and oxygen atoms in total. The average molecular weight is 142 g/mol. The standard InChI is InChI=1S/C8H14O2/c1-6-7(2,3)8(6,4)10-5-9/h5-6H,1-4H3. The molecule has 0 heterocycles. The lowest BCUT2D eigenvalue weighted by Gasteiger charge is -2.11. The molecule has 0 bridgehead atoms. The van der Waals surface area contributed by atoms with Crippen LogP contribution >= 0.6 is 0 Å². The second-order valence-electron chi connectivity index (χ2n) is 3.76. The first-order chi connectivity index (χ1) is 4.47. The summed E-state index contributed by atoms with van der Waals surface area (Å²) in [5.41, 5.74) is -0.0529. The summed E-state index contributed by atoms with van der Waals surface area (Å²) in [6, 6.07) is 0. The van der Waals surface area contributed by atoms with Crippen LogP contribution in [-0.4, -0.2) is 12.1 Å². The van der Waals surface area contributed by atoms with Crippen LogP contribution in [0.5, 0.6) is 0 Å². The fourth-order valence-electron chi connectivity index (χ4n) is 1.58. The van der Waals surface area contributed by atoms with Gasteiger partial charge in [-0.05, 0) is 6.92 Å². The van der Waals surface area contributed by atoms with Gasteiger partial charge in [0.25, 0.3) is 6.47 Å². The summed E-state index contributed by atoms with van der Waals surface area (Å²) in [5.74, 6) is 0.477. The monoisotopic (exact) mass is 142 g/mol. The minimum Gasteiger partial charge on any atom is -0.461 e. The molecular formula is C8H14O2. The van der Waals surface area contributed by atoms with E-state index in [1.165, 1.54) is 0 Å². The molecule has 1 aliphatic rings. The molecule has 0 saturated heterocycles. The molecule has 1 fully saturated rings. The molecule has 0 aromatic heterocycles. The second kappa shape index (κ2) is 1.74. The summed E-state index contributed by atoms with van der Waals surface area (Å²) in [6.45, 7) is 8.85. The molecule has 0 aromatic carbocycles. The second-order valence-corrected chi connectivity index (χ2v) is 3.76. The Kier molecular flexibility index (Phi) is 1.32. The van der Waals surface area contributed by atoms with Crippen molar-refractivity contribution in [3.63, 3.8) is 0 Å². The van der Waals surface area contributed by atoms with E-state index in [0.29, 0.717) is 12.4 Å². The maximum absolute atomic E-state index is 10.1. The average Bonchev–Trinajstić information content (AvgIpc) is 2.17. The number of ether oxygens (including phenoxy) is 1. The Morgan fingerprint density at radius 1 is 1.40 bits per heavy atom. The van der Waals surface area contributed by atoms with Gasteiger partial charge in [-0.3, -0.25) is 4.79 Å². The van der Waals surface area contributed by atoms with Crippen LogP contribution in [0.3, 0.4) is 0 Å².